The lowest BCUT2D eigenvalue weighted by Gasteiger charge is -2.35. The molecule has 0 spiro atoms. The molecule has 1 saturated heterocycles. The average Bonchev–Trinajstić information content (AvgIpc) is 4.03. The molecule has 2 aliphatic carbocycles. The van der Waals surface area contributed by atoms with Crippen LogP contribution in [0.4, 0.5) is 18.0 Å². The maximum absolute atomic E-state index is 14.9. The van der Waals surface area contributed by atoms with Crippen LogP contribution in [0.3, 0.4) is 0 Å². The smallest absolute Gasteiger partial charge is 0.427 e. The number of ether oxygens (including phenoxy) is 3. The van der Waals surface area contributed by atoms with Gasteiger partial charge in [0.2, 0.25) is 33.3 Å². The SMILES string of the molecule is CC[C@@H]1C[C@@H](C)CC/C=C\[C@@H]2C[C@@]2(C(=O)NS(=O)(=O)C2(C)CC2)NC(=O)[C@@H]2C[C@@H](Oc3nccc4c(OC)cccc34)CN2C(=O)[C@H]1NC(=O)OC(C)(C)C(F)(F)F. The lowest BCUT2D eigenvalue weighted by atomic mass is 9.85. The standard InChI is InChI=1S/C40H52F3N5O9S/c1-7-24-19-23(2)11-8-9-12-25-21-39(25,35(51)47-58(53,54)38(5)16-17-38)46-32(49)29-20-26(56-33-28-13-10-14-30(55-6)27(28)15-18-44-33)22-48(29)34(50)31(24)45-36(52)57-37(3,4)40(41,42)43/h9-10,12-15,18,23-26,29,31H,7-8,11,16-17,19-22H2,1-6H3,(H,45,52)(H,46,49)(H,47,51)/b12-9-/t23-,24+,25+,26+,29-,31-,39+/m0/s1. The van der Waals surface area contributed by atoms with E-state index in [0.717, 1.165) is 0 Å². The van der Waals surface area contributed by atoms with E-state index in [0.29, 0.717) is 68.9 Å². The van der Waals surface area contributed by atoms with Crippen molar-refractivity contribution in [3.05, 3.63) is 42.6 Å². The Hall–Kier alpha value is -4.61. The van der Waals surface area contributed by atoms with E-state index >= 15 is 0 Å². The second-order valence-electron chi connectivity index (χ2n) is 16.8. The maximum Gasteiger partial charge on any atom is 0.427 e. The van der Waals surface area contributed by atoms with Crippen LogP contribution in [0.5, 0.6) is 11.6 Å². The lowest BCUT2D eigenvalue weighted by molar-refractivity contribution is -0.244. The predicted molar refractivity (Wildman–Crippen MR) is 206 cm³/mol. The molecule has 14 nitrogen and oxygen atoms in total. The number of alkyl carbamates (subject to hydrolysis) is 1. The van der Waals surface area contributed by atoms with Gasteiger partial charge < -0.3 is 29.7 Å². The Kier molecular flexibility index (Phi) is 11.8. The Morgan fingerprint density at radius 3 is 2.48 bits per heavy atom. The minimum Gasteiger partial charge on any atom is -0.496 e. The minimum atomic E-state index is -4.91. The van der Waals surface area contributed by atoms with E-state index in [-0.39, 0.29) is 31.2 Å². The van der Waals surface area contributed by atoms with Crippen LogP contribution >= 0.6 is 0 Å². The highest BCUT2D eigenvalue weighted by molar-refractivity contribution is 7.91. The van der Waals surface area contributed by atoms with Crippen molar-refractivity contribution in [2.45, 2.75) is 126 Å². The molecule has 4 aliphatic rings. The van der Waals surface area contributed by atoms with Crippen LogP contribution in [-0.2, 0) is 29.1 Å². The molecule has 0 bridgehead atoms. The molecule has 0 unspecified atom stereocenters. The Morgan fingerprint density at radius 2 is 1.83 bits per heavy atom. The van der Waals surface area contributed by atoms with Gasteiger partial charge in [0.05, 0.1) is 18.4 Å². The van der Waals surface area contributed by atoms with Crippen molar-refractivity contribution >= 4 is 44.6 Å². The fraction of sp³-hybridized carbons (Fsp3) is 0.625. The summed E-state index contributed by atoms with van der Waals surface area (Å²) in [5.41, 5.74) is -4.53. The van der Waals surface area contributed by atoms with Gasteiger partial charge in [-0.15, -0.1) is 0 Å². The number of nitrogens with one attached hydrogen (secondary N) is 3. The molecule has 318 valence electrons. The number of carbonyl (C=O) groups excluding carboxylic acids is 4. The number of pyridine rings is 1. The molecule has 6 rings (SSSR count). The molecule has 1 aromatic carbocycles. The van der Waals surface area contributed by atoms with Crippen LogP contribution in [0.25, 0.3) is 10.8 Å². The lowest BCUT2D eigenvalue weighted by Crippen LogP contribution is -2.60. The maximum atomic E-state index is 14.9. The van der Waals surface area contributed by atoms with E-state index in [1.165, 1.54) is 25.1 Å². The van der Waals surface area contributed by atoms with E-state index in [9.17, 15) is 40.8 Å². The van der Waals surface area contributed by atoms with E-state index < -0.39 is 85.9 Å². The number of amides is 4. The number of fused-ring (bicyclic) bond motifs is 3. The first-order chi connectivity index (χ1) is 27.1. The summed E-state index contributed by atoms with van der Waals surface area (Å²) < 4.78 is 85.6. The Labute approximate surface area is 336 Å². The van der Waals surface area contributed by atoms with E-state index in [2.05, 4.69) is 20.3 Å². The summed E-state index contributed by atoms with van der Waals surface area (Å²) in [6.45, 7) is 6.49. The third-order valence-corrected chi connectivity index (χ3v) is 14.3. The van der Waals surface area contributed by atoms with Crippen LogP contribution in [-0.4, -0.2) is 96.0 Å². The number of hydrogen-bond donors (Lipinski definition) is 3. The fourth-order valence-electron chi connectivity index (χ4n) is 7.84. The van der Waals surface area contributed by atoms with Gasteiger partial charge in [0.15, 0.2) is 0 Å². The minimum absolute atomic E-state index is 0.0317. The molecular formula is C40H52F3N5O9S. The molecule has 4 amide bonds. The normalized spacial score (nSPS) is 29.4. The van der Waals surface area contributed by atoms with Crippen LogP contribution in [0, 0.1) is 17.8 Å². The monoisotopic (exact) mass is 835 g/mol. The summed E-state index contributed by atoms with van der Waals surface area (Å²) >= 11 is 0. The molecule has 2 aromatic rings. The second-order valence-corrected chi connectivity index (χ2v) is 19.0. The van der Waals surface area contributed by atoms with Crippen LogP contribution in [0.2, 0.25) is 0 Å². The molecule has 3 fully saturated rings. The van der Waals surface area contributed by atoms with Crippen LogP contribution in [0.1, 0.15) is 86.0 Å². The number of carbonyl (C=O) groups is 4. The van der Waals surface area contributed by atoms with Gasteiger partial charge in [-0.2, -0.15) is 13.2 Å². The molecule has 2 aliphatic heterocycles. The number of rotatable bonds is 9. The van der Waals surface area contributed by atoms with Crippen molar-refractivity contribution in [2.24, 2.45) is 17.8 Å². The van der Waals surface area contributed by atoms with Gasteiger partial charge in [0, 0.05) is 29.3 Å². The van der Waals surface area contributed by atoms with Gasteiger partial charge in [-0.05, 0) is 89.3 Å². The van der Waals surface area contributed by atoms with Crippen molar-refractivity contribution < 1.29 is 55.0 Å². The van der Waals surface area contributed by atoms with Crippen molar-refractivity contribution in [1.29, 1.82) is 0 Å². The first-order valence-corrected chi connectivity index (χ1v) is 21.1. The molecule has 58 heavy (non-hydrogen) atoms. The molecule has 3 heterocycles. The molecule has 18 heteroatoms. The fourth-order valence-corrected chi connectivity index (χ4v) is 9.15. The second kappa shape index (κ2) is 15.9. The average molecular weight is 836 g/mol. The summed E-state index contributed by atoms with van der Waals surface area (Å²) in [6.07, 6.45) is 0.592. The summed E-state index contributed by atoms with van der Waals surface area (Å²) in [4.78, 5) is 62.2. The summed E-state index contributed by atoms with van der Waals surface area (Å²) in [7, 11) is -2.56. The third kappa shape index (κ3) is 8.57. The number of benzene rings is 1. The first-order valence-electron chi connectivity index (χ1n) is 19.7. The Morgan fingerprint density at radius 1 is 1.10 bits per heavy atom. The Balaban J connectivity index is 1.37. The molecule has 1 aromatic heterocycles. The first kappa shape index (κ1) is 43.0. The van der Waals surface area contributed by atoms with Gasteiger partial charge >= 0.3 is 12.3 Å². The number of aromatic nitrogens is 1. The topological polar surface area (TPSA) is 182 Å². The van der Waals surface area contributed by atoms with Crippen molar-refractivity contribution in [2.75, 3.05) is 13.7 Å². The van der Waals surface area contributed by atoms with E-state index in [4.69, 9.17) is 14.2 Å². The van der Waals surface area contributed by atoms with Gasteiger partial charge in [-0.25, -0.2) is 18.2 Å². The molecular weight excluding hydrogens is 784 g/mol. The van der Waals surface area contributed by atoms with Crippen LogP contribution < -0.4 is 24.8 Å². The number of alkyl halides is 3. The number of hydrogen-bond acceptors (Lipinski definition) is 10. The Bertz CT molecular complexity index is 2070. The number of sulfonamides is 1. The van der Waals surface area contributed by atoms with Gasteiger partial charge in [0.1, 0.15) is 29.5 Å². The molecule has 0 radical (unpaired) electrons. The van der Waals surface area contributed by atoms with E-state index in [1.54, 1.807) is 37.3 Å². The predicted octanol–water partition coefficient (Wildman–Crippen LogP) is 5.30. The zero-order valence-electron chi connectivity index (χ0n) is 33.5. The summed E-state index contributed by atoms with van der Waals surface area (Å²) in [5, 5.41) is 6.52. The number of allylic oxidation sites excluding steroid dienone is 1. The number of halogens is 3. The van der Waals surface area contributed by atoms with Crippen molar-refractivity contribution in [3.63, 3.8) is 0 Å². The highest BCUT2D eigenvalue weighted by Gasteiger charge is 2.63. The van der Waals surface area contributed by atoms with Gasteiger partial charge in [-0.3, -0.25) is 19.1 Å². The van der Waals surface area contributed by atoms with Gasteiger partial charge in [-0.1, -0.05) is 38.5 Å². The highest BCUT2D eigenvalue weighted by Crippen LogP contribution is 2.48. The largest absolute Gasteiger partial charge is 0.496 e. The molecule has 3 N–H and O–H groups in total. The molecule has 2 saturated carbocycles. The number of methoxy groups -OCH3 is 1. The third-order valence-electron chi connectivity index (χ3n) is 12.1. The summed E-state index contributed by atoms with van der Waals surface area (Å²) in [6, 6.07) is 4.29. The van der Waals surface area contributed by atoms with Crippen LogP contribution in [0.15, 0.2) is 42.6 Å². The van der Waals surface area contributed by atoms with Gasteiger partial charge in [0.25, 0.3) is 5.91 Å². The molecule has 7 atom stereocenters. The van der Waals surface area contributed by atoms with Crippen molar-refractivity contribution in [3.8, 4) is 11.6 Å². The zero-order valence-corrected chi connectivity index (χ0v) is 34.3. The number of nitrogens with zero attached hydrogens (tertiary/aromatic N) is 2. The quantitative estimate of drug-likeness (QED) is 0.281. The highest BCUT2D eigenvalue weighted by atomic mass is 32.2. The van der Waals surface area contributed by atoms with E-state index in [1.807, 2.05) is 13.0 Å². The zero-order chi connectivity index (χ0) is 42.4. The van der Waals surface area contributed by atoms with Crippen molar-refractivity contribution in [1.82, 2.24) is 25.2 Å². The summed E-state index contributed by atoms with van der Waals surface area (Å²) in [5.74, 6) is -2.85.